The zero-order chi connectivity index (χ0) is 12.1. The Labute approximate surface area is 101 Å². The Morgan fingerprint density at radius 1 is 1.35 bits per heavy atom. The van der Waals surface area contributed by atoms with Crippen molar-refractivity contribution >= 4 is 5.78 Å². The smallest absolute Gasteiger partial charge is 0.138 e. The minimum Gasteiger partial charge on any atom is -0.390 e. The topological polar surface area (TPSA) is 46.5 Å². The highest BCUT2D eigenvalue weighted by Crippen LogP contribution is 2.24. The molecule has 0 bridgehead atoms. The van der Waals surface area contributed by atoms with Crippen LogP contribution in [0, 0.1) is 5.92 Å². The lowest BCUT2D eigenvalue weighted by atomic mass is 10.0. The lowest BCUT2D eigenvalue weighted by Crippen LogP contribution is -2.28. The Balaban J connectivity index is 1.73. The van der Waals surface area contributed by atoms with E-state index in [9.17, 15) is 9.90 Å². The van der Waals surface area contributed by atoms with Gasteiger partial charge in [0.05, 0.1) is 19.3 Å². The first kappa shape index (κ1) is 12.3. The van der Waals surface area contributed by atoms with Crippen LogP contribution in [-0.2, 0) is 16.1 Å². The second kappa shape index (κ2) is 5.94. The van der Waals surface area contributed by atoms with Gasteiger partial charge < -0.3 is 9.84 Å². The van der Waals surface area contributed by atoms with Crippen molar-refractivity contribution in [2.45, 2.75) is 32.0 Å². The third-order valence-electron chi connectivity index (χ3n) is 3.22. The molecule has 1 aliphatic carbocycles. The van der Waals surface area contributed by atoms with E-state index in [0.29, 0.717) is 13.0 Å². The number of Topliss-reactive ketones (excluding diaryl/α,β-unsaturated/α-hetero) is 1. The summed E-state index contributed by atoms with van der Waals surface area (Å²) in [5.41, 5.74) is 1.08. The SMILES string of the molecule is O=C1CCC[C@H]1[C@@H](O)COCc1ccccc1. The van der Waals surface area contributed by atoms with Gasteiger partial charge in [-0.1, -0.05) is 30.3 Å². The third-order valence-corrected chi connectivity index (χ3v) is 3.22. The Hall–Kier alpha value is -1.19. The van der Waals surface area contributed by atoms with E-state index < -0.39 is 6.10 Å². The van der Waals surface area contributed by atoms with Crippen LogP contribution in [0.25, 0.3) is 0 Å². The summed E-state index contributed by atoms with van der Waals surface area (Å²) in [7, 11) is 0. The van der Waals surface area contributed by atoms with Crippen LogP contribution in [0.5, 0.6) is 0 Å². The van der Waals surface area contributed by atoms with Crippen molar-refractivity contribution in [1.29, 1.82) is 0 Å². The normalized spacial score (nSPS) is 21.7. The summed E-state index contributed by atoms with van der Waals surface area (Å²) in [4.78, 5) is 11.4. The van der Waals surface area contributed by atoms with Crippen molar-refractivity contribution in [3.8, 4) is 0 Å². The molecule has 0 aromatic heterocycles. The molecule has 3 heteroatoms. The van der Waals surface area contributed by atoms with Crippen LogP contribution >= 0.6 is 0 Å². The molecule has 2 rings (SSSR count). The van der Waals surface area contributed by atoms with Crippen LogP contribution in [0.1, 0.15) is 24.8 Å². The van der Waals surface area contributed by atoms with Crippen LogP contribution in [0.15, 0.2) is 30.3 Å². The number of ketones is 1. The summed E-state index contributed by atoms with van der Waals surface area (Å²) in [6.45, 7) is 0.726. The van der Waals surface area contributed by atoms with Gasteiger partial charge >= 0.3 is 0 Å². The highest BCUT2D eigenvalue weighted by molar-refractivity contribution is 5.83. The number of carbonyl (C=O) groups is 1. The quantitative estimate of drug-likeness (QED) is 0.846. The van der Waals surface area contributed by atoms with Crippen molar-refractivity contribution in [3.05, 3.63) is 35.9 Å². The molecule has 17 heavy (non-hydrogen) atoms. The Kier molecular flexibility index (Phi) is 4.29. The predicted octanol–water partition coefficient (Wildman–Crippen LogP) is 1.93. The maximum Gasteiger partial charge on any atom is 0.138 e. The monoisotopic (exact) mass is 234 g/mol. The summed E-state index contributed by atoms with van der Waals surface area (Å²) >= 11 is 0. The minimum atomic E-state index is -0.645. The fourth-order valence-electron chi connectivity index (χ4n) is 2.24. The van der Waals surface area contributed by atoms with Crippen molar-refractivity contribution in [2.24, 2.45) is 5.92 Å². The maximum atomic E-state index is 11.4. The van der Waals surface area contributed by atoms with Gasteiger partial charge in [0.15, 0.2) is 0 Å². The van der Waals surface area contributed by atoms with Crippen molar-refractivity contribution in [1.82, 2.24) is 0 Å². The Bertz CT molecular complexity index is 361. The van der Waals surface area contributed by atoms with Gasteiger partial charge in [-0.3, -0.25) is 4.79 Å². The lowest BCUT2D eigenvalue weighted by molar-refractivity contribution is -0.125. The summed E-state index contributed by atoms with van der Waals surface area (Å²) in [6, 6.07) is 9.82. The predicted molar refractivity (Wildman–Crippen MR) is 64.5 cm³/mol. The first-order chi connectivity index (χ1) is 8.27. The molecule has 2 atom stereocenters. The number of hydrogen-bond donors (Lipinski definition) is 1. The number of aliphatic hydroxyl groups excluding tert-OH is 1. The first-order valence-corrected chi connectivity index (χ1v) is 6.10. The second-order valence-corrected chi connectivity index (χ2v) is 4.53. The molecule has 1 saturated carbocycles. The highest BCUT2D eigenvalue weighted by Gasteiger charge is 2.30. The average Bonchev–Trinajstić information content (AvgIpc) is 2.77. The number of aliphatic hydroxyl groups is 1. The molecule has 3 nitrogen and oxygen atoms in total. The average molecular weight is 234 g/mol. The number of hydrogen-bond acceptors (Lipinski definition) is 3. The van der Waals surface area contributed by atoms with Crippen molar-refractivity contribution in [3.63, 3.8) is 0 Å². The van der Waals surface area contributed by atoms with E-state index in [1.54, 1.807) is 0 Å². The molecular weight excluding hydrogens is 216 g/mol. The number of ether oxygens (including phenoxy) is 1. The zero-order valence-electron chi connectivity index (χ0n) is 9.84. The summed E-state index contributed by atoms with van der Waals surface area (Å²) in [5.74, 6) is -0.0217. The van der Waals surface area contributed by atoms with Gasteiger partial charge in [-0.15, -0.1) is 0 Å². The first-order valence-electron chi connectivity index (χ1n) is 6.10. The molecule has 0 saturated heterocycles. The van der Waals surface area contributed by atoms with Crippen LogP contribution in [0.2, 0.25) is 0 Å². The van der Waals surface area contributed by atoms with E-state index in [-0.39, 0.29) is 18.3 Å². The van der Waals surface area contributed by atoms with Gasteiger partial charge in [-0.05, 0) is 18.4 Å². The molecule has 92 valence electrons. The molecule has 0 heterocycles. The van der Waals surface area contributed by atoms with Gasteiger partial charge in [-0.25, -0.2) is 0 Å². The van der Waals surface area contributed by atoms with Crippen LogP contribution < -0.4 is 0 Å². The Morgan fingerprint density at radius 2 is 2.12 bits per heavy atom. The van der Waals surface area contributed by atoms with Gasteiger partial charge in [0.25, 0.3) is 0 Å². The van der Waals surface area contributed by atoms with Gasteiger partial charge in [0.2, 0.25) is 0 Å². The highest BCUT2D eigenvalue weighted by atomic mass is 16.5. The van der Waals surface area contributed by atoms with Gasteiger partial charge in [0, 0.05) is 12.3 Å². The van der Waals surface area contributed by atoms with Crippen LogP contribution in [-0.4, -0.2) is 23.6 Å². The number of rotatable bonds is 5. The standard InChI is InChI=1S/C14H18O3/c15-13-8-4-7-12(13)14(16)10-17-9-11-5-2-1-3-6-11/h1-3,5-6,12,14,16H,4,7-10H2/t12-,14+/m1/s1. The second-order valence-electron chi connectivity index (χ2n) is 4.53. The molecular formula is C14H18O3. The van der Waals surface area contributed by atoms with E-state index >= 15 is 0 Å². The molecule has 0 unspecified atom stereocenters. The van der Waals surface area contributed by atoms with Crippen molar-refractivity contribution < 1.29 is 14.6 Å². The lowest BCUT2D eigenvalue weighted by Gasteiger charge is -2.16. The zero-order valence-corrected chi connectivity index (χ0v) is 9.84. The van der Waals surface area contributed by atoms with Gasteiger partial charge in [0.1, 0.15) is 5.78 Å². The van der Waals surface area contributed by atoms with E-state index in [4.69, 9.17) is 4.74 Å². The molecule has 1 aromatic rings. The minimum absolute atomic E-state index is 0.181. The van der Waals surface area contributed by atoms with E-state index in [0.717, 1.165) is 18.4 Å². The summed E-state index contributed by atoms with van der Waals surface area (Å²) < 4.78 is 5.44. The number of benzene rings is 1. The fourth-order valence-corrected chi connectivity index (χ4v) is 2.24. The third kappa shape index (κ3) is 3.38. The summed E-state index contributed by atoms with van der Waals surface area (Å²) in [5, 5.41) is 9.85. The molecule has 1 aromatic carbocycles. The van der Waals surface area contributed by atoms with Crippen molar-refractivity contribution in [2.75, 3.05) is 6.61 Å². The molecule has 1 fully saturated rings. The molecule has 1 aliphatic rings. The largest absolute Gasteiger partial charge is 0.390 e. The van der Waals surface area contributed by atoms with E-state index in [1.165, 1.54) is 0 Å². The molecule has 0 amide bonds. The molecule has 0 radical (unpaired) electrons. The summed E-state index contributed by atoms with van der Waals surface area (Å²) in [6.07, 6.45) is 1.67. The van der Waals surface area contributed by atoms with Crippen LogP contribution in [0.3, 0.4) is 0 Å². The number of carbonyl (C=O) groups excluding carboxylic acids is 1. The van der Waals surface area contributed by atoms with Gasteiger partial charge in [-0.2, -0.15) is 0 Å². The van der Waals surface area contributed by atoms with E-state index in [2.05, 4.69) is 0 Å². The Morgan fingerprint density at radius 3 is 2.76 bits per heavy atom. The fraction of sp³-hybridized carbons (Fsp3) is 0.500. The molecule has 0 aliphatic heterocycles. The van der Waals surface area contributed by atoms with E-state index in [1.807, 2.05) is 30.3 Å². The van der Waals surface area contributed by atoms with Crippen LogP contribution in [0.4, 0.5) is 0 Å². The maximum absolute atomic E-state index is 11.4. The molecule has 0 spiro atoms. The molecule has 1 N–H and O–H groups in total.